The molecule has 0 saturated carbocycles. The van der Waals surface area contributed by atoms with E-state index in [0.29, 0.717) is 5.84 Å². The first-order chi connectivity index (χ1) is 6.29. The van der Waals surface area contributed by atoms with Gasteiger partial charge < -0.3 is 10.5 Å². The van der Waals surface area contributed by atoms with Crippen molar-refractivity contribution < 1.29 is 4.74 Å². The molecule has 0 amide bonds. The summed E-state index contributed by atoms with van der Waals surface area (Å²) in [5.41, 5.74) is 5.43. The SMILES string of the molecule is CC(N)=NCCCN1CCOCC1. The van der Waals surface area contributed by atoms with E-state index in [9.17, 15) is 0 Å². The van der Waals surface area contributed by atoms with Gasteiger partial charge in [0.25, 0.3) is 0 Å². The molecule has 1 fully saturated rings. The minimum absolute atomic E-state index is 0.682. The summed E-state index contributed by atoms with van der Waals surface area (Å²) in [6.07, 6.45) is 1.09. The minimum Gasteiger partial charge on any atom is -0.388 e. The van der Waals surface area contributed by atoms with Crippen LogP contribution in [0.3, 0.4) is 0 Å². The summed E-state index contributed by atoms with van der Waals surface area (Å²) >= 11 is 0. The van der Waals surface area contributed by atoms with Crippen molar-refractivity contribution in [3.63, 3.8) is 0 Å². The van der Waals surface area contributed by atoms with Gasteiger partial charge in [0.1, 0.15) is 0 Å². The highest BCUT2D eigenvalue weighted by Crippen LogP contribution is 1.97. The zero-order chi connectivity index (χ0) is 9.52. The number of nitrogens with two attached hydrogens (primary N) is 1. The Hall–Kier alpha value is -0.610. The molecular formula is C9H19N3O. The Bertz CT molecular complexity index is 160. The molecule has 0 aliphatic carbocycles. The molecule has 0 aromatic carbocycles. The van der Waals surface area contributed by atoms with Crippen molar-refractivity contribution in [2.24, 2.45) is 10.7 Å². The Kier molecular flexibility index (Phi) is 4.78. The maximum atomic E-state index is 5.43. The van der Waals surface area contributed by atoms with E-state index in [2.05, 4.69) is 9.89 Å². The van der Waals surface area contributed by atoms with Gasteiger partial charge in [0, 0.05) is 26.2 Å². The number of hydrogen-bond acceptors (Lipinski definition) is 3. The molecule has 1 aliphatic heterocycles. The third kappa shape index (κ3) is 4.85. The summed E-state index contributed by atoms with van der Waals surface area (Å²) < 4.78 is 5.26. The maximum absolute atomic E-state index is 5.43. The third-order valence-electron chi connectivity index (χ3n) is 2.10. The van der Waals surface area contributed by atoms with Crippen molar-refractivity contribution in [1.29, 1.82) is 0 Å². The molecule has 1 rings (SSSR count). The summed E-state index contributed by atoms with van der Waals surface area (Å²) in [5.74, 6) is 0.682. The predicted octanol–water partition coefficient (Wildman–Crippen LogP) is 0.0858. The highest BCUT2D eigenvalue weighted by molar-refractivity contribution is 5.77. The number of ether oxygens (including phenoxy) is 1. The molecule has 4 nitrogen and oxygen atoms in total. The van der Waals surface area contributed by atoms with Crippen LogP contribution in [0.2, 0.25) is 0 Å². The van der Waals surface area contributed by atoms with Crippen molar-refractivity contribution in [2.45, 2.75) is 13.3 Å². The molecule has 4 heteroatoms. The molecule has 2 N–H and O–H groups in total. The standard InChI is InChI=1S/C9H19N3O/c1-9(10)11-3-2-4-12-5-7-13-8-6-12/h2-8H2,1H3,(H2,10,11). The first-order valence-corrected chi connectivity index (χ1v) is 4.85. The zero-order valence-electron chi connectivity index (χ0n) is 8.33. The lowest BCUT2D eigenvalue weighted by molar-refractivity contribution is 0.0377. The van der Waals surface area contributed by atoms with E-state index in [1.807, 2.05) is 6.92 Å². The summed E-state index contributed by atoms with van der Waals surface area (Å²) in [4.78, 5) is 6.55. The van der Waals surface area contributed by atoms with Gasteiger partial charge in [0.05, 0.1) is 19.0 Å². The zero-order valence-corrected chi connectivity index (χ0v) is 8.33. The van der Waals surface area contributed by atoms with E-state index in [0.717, 1.165) is 45.8 Å². The van der Waals surface area contributed by atoms with Crippen molar-refractivity contribution >= 4 is 5.84 Å². The van der Waals surface area contributed by atoms with Crippen LogP contribution in [-0.2, 0) is 4.74 Å². The second-order valence-corrected chi connectivity index (χ2v) is 3.33. The second-order valence-electron chi connectivity index (χ2n) is 3.33. The molecule has 76 valence electrons. The highest BCUT2D eigenvalue weighted by atomic mass is 16.5. The van der Waals surface area contributed by atoms with Crippen molar-refractivity contribution in [2.75, 3.05) is 39.4 Å². The van der Waals surface area contributed by atoms with Crippen LogP contribution >= 0.6 is 0 Å². The average Bonchev–Trinajstić information content (AvgIpc) is 2.14. The van der Waals surface area contributed by atoms with Crippen LogP contribution < -0.4 is 5.73 Å². The Morgan fingerprint density at radius 2 is 2.15 bits per heavy atom. The van der Waals surface area contributed by atoms with E-state index in [-0.39, 0.29) is 0 Å². The Balaban J connectivity index is 2.01. The normalized spacial score (nSPS) is 20.5. The fraction of sp³-hybridized carbons (Fsp3) is 0.889. The van der Waals surface area contributed by atoms with Gasteiger partial charge in [0.2, 0.25) is 0 Å². The topological polar surface area (TPSA) is 50.8 Å². The van der Waals surface area contributed by atoms with Crippen molar-refractivity contribution in [1.82, 2.24) is 4.90 Å². The lowest BCUT2D eigenvalue weighted by Crippen LogP contribution is -2.37. The van der Waals surface area contributed by atoms with E-state index < -0.39 is 0 Å². The van der Waals surface area contributed by atoms with Gasteiger partial charge in [0.15, 0.2) is 0 Å². The summed E-state index contributed by atoms with van der Waals surface area (Å²) in [5, 5.41) is 0. The fourth-order valence-electron chi connectivity index (χ4n) is 1.37. The summed E-state index contributed by atoms with van der Waals surface area (Å²) in [6.45, 7) is 7.66. The highest BCUT2D eigenvalue weighted by Gasteiger charge is 2.08. The monoisotopic (exact) mass is 185 g/mol. The second kappa shape index (κ2) is 5.94. The van der Waals surface area contributed by atoms with Crippen LogP contribution in [0.25, 0.3) is 0 Å². The van der Waals surface area contributed by atoms with Crippen molar-refractivity contribution in [3.8, 4) is 0 Å². The first-order valence-electron chi connectivity index (χ1n) is 4.85. The van der Waals surface area contributed by atoms with Crippen LogP contribution in [0, 0.1) is 0 Å². The van der Waals surface area contributed by atoms with Crippen LogP contribution in [0.1, 0.15) is 13.3 Å². The first kappa shape index (κ1) is 10.5. The molecule has 0 atom stereocenters. The predicted molar refractivity (Wildman–Crippen MR) is 54.0 cm³/mol. The smallest absolute Gasteiger partial charge is 0.0905 e. The van der Waals surface area contributed by atoms with Crippen molar-refractivity contribution in [3.05, 3.63) is 0 Å². The average molecular weight is 185 g/mol. The molecule has 0 aromatic heterocycles. The molecule has 13 heavy (non-hydrogen) atoms. The molecule has 1 heterocycles. The Morgan fingerprint density at radius 3 is 2.77 bits per heavy atom. The fourth-order valence-corrected chi connectivity index (χ4v) is 1.37. The number of morpholine rings is 1. The molecule has 1 saturated heterocycles. The van der Waals surface area contributed by atoms with Gasteiger partial charge in [-0.1, -0.05) is 0 Å². The number of nitrogens with zero attached hydrogens (tertiary/aromatic N) is 2. The van der Waals surface area contributed by atoms with Gasteiger partial charge in [-0.05, 0) is 13.3 Å². The van der Waals surface area contributed by atoms with Gasteiger partial charge in [-0.3, -0.25) is 9.89 Å². The lowest BCUT2D eigenvalue weighted by Gasteiger charge is -2.26. The molecule has 0 aromatic rings. The minimum atomic E-state index is 0.682. The van der Waals surface area contributed by atoms with Crippen LogP contribution in [0.4, 0.5) is 0 Å². The summed E-state index contributed by atoms with van der Waals surface area (Å²) in [6, 6.07) is 0. The molecule has 0 bridgehead atoms. The van der Waals surface area contributed by atoms with E-state index in [4.69, 9.17) is 10.5 Å². The van der Waals surface area contributed by atoms with Gasteiger partial charge in [-0.25, -0.2) is 0 Å². The van der Waals surface area contributed by atoms with Crippen LogP contribution in [-0.4, -0.2) is 50.1 Å². The van der Waals surface area contributed by atoms with Crippen LogP contribution in [0.5, 0.6) is 0 Å². The Morgan fingerprint density at radius 1 is 1.46 bits per heavy atom. The van der Waals surface area contributed by atoms with E-state index in [1.165, 1.54) is 0 Å². The van der Waals surface area contributed by atoms with Gasteiger partial charge >= 0.3 is 0 Å². The quantitative estimate of drug-likeness (QED) is 0.383. The third-order valence-corrected chi connectivity index (χ3v) is 2.10. The molecule has 0 unspecified atom stereocenters. The van der Waals surface area contributed by atoms with Crippen LogP contribution in [0.15, 0.2) is 4.99 Å². The lowest BCUT2D eigenvalue weighted by atomic mass is 10.3. The summed E-state index contributed by atoms with van der Waals surface area (Å²) in [7, 11) is 0. The number of hydrogen-bond donors (Lipinski definition) is 1. The molecular weight excluding hydrogens is 166 g/mol. The molecule has 1 aliphatic rings. The number of rotatable bonds is 4. The number of amidine groups is 1. The van der Waals surface area contributed by atoms with Gasteiger partial charge in [-0.2, -0.15) is 0 Å². The maximum Gasteiger partial charge on any atom is 0.0905 e. The van der Waals surface area contributed by atoms with Gasteiger partial charge in [-0.15, -0.1) is 0 Å². The largest absolute Gasteiger partial charge is 0.388 e. The molecule has 0 spiro atoms. The van der Waals surface area contributed by atoms with E-state index >= 15 is 0 Å². The number of aliphatic imine (C=N–C) groups is 1. The van der Waals surface area contributed by atoms with E-state index in [1.54, 1.807) is 0 Å². The Labute approximate surface area is 79.8 Å². The molecule has 0 radical (unpaired) electrons.